The third-order valence-corrected chi connectivity index (χ3v) is 4.82. The van der Waals surface area contributed by atoms with E-state index >= 15 is 0 Å². The number of hydrogen-bond acceptors (Lipinski definition) is 7. The van der Waals surface area contributed by atoms with Crippen LogP contribution in [-0.2, 0) is 0 Å². The molecule has 29 heavy (non-hydrogen) atoms. The molecule has 1 amide bonds. The summed E-state index contributed by atoms with van der Waals surface area (Å²) < 4.78 is 0. The molecule has 0 radical (unpaired) electrons. The highest BCUT2D eigenvalue weighted by molar-refractivity contribution is 7.98. The van der Waals surface area contributed by atoms with Gasteiger partial charge in [0.25, 0.3) is 5.91 Å². The number of amides is 1. The lowest BCUT2D eigenvalue weighted by atomic mass is 10.2. The maximum Gasteiger partial charge on any atom is 0.251 e. The SMILES string of the molecule is CSc1ccc(C(=O)NCCNc2cc(Nc3cc(C)ccn3)nc(C)n2)cc1. The molecule has 0 fully saturated rings. The number of nitrogens with zero attached hydrogens (tertiary/aromatic N) is 3. The van der Waals surface area contributed by atoms with Crippen molar-refractivity contribution in [3.63, 3.8) is 0 Å². The molecule has 8 heteroatoms. The minimum Gasteiger partial charge on any atom is -0.368 e. The number of carbonyl (C=O) groups is 1. The molecule has 1 aromatic carbocycles. The van der Waals surface area contributed by atoms with E-state index in [9.17, 15) is 4.79 Å². The van der Waals surface area contributed by atoms with E-state index < -0.39 is 0 Å². The van der Waals surface area contributed by atoms with Crippen molar-refractivity contribution >= 4 is 35.1 Å². The number of carbonyl (C=O) groups excluding carboxylic acids is 1. The van der Waals surface area contributed by atoms with Gasteiger partial charge in [0.2, 0.25) is 0 Å². The van der Waals surface area contributed by atoms with Gasteiger partial charge in [0.1, 0.15) is 23.3 Å². The van der Waals surface area contributed by atoms with E-state index in [2.05, 4.69) is 30.9 Å². The van der Waals surface area contributed by atoms with E-state index in [4.69, 9.17) is 0 Å². The number of aryl methyl sites for hydroxylation is 2. The van der Waals surface area contributed by atoms with E-state index in [1.165, 1.54) is 0 Å². The lowest BCUT2D eigenvalue weighted by Gasteiger charge is -2.11. The van der Waals surface area contributed by atoms with Gasteiger partial charge in [0.05, 0.1) is 0 Å². The Kier molecular flexibility index (Phi) is 7.02. The largest absolute Gasteiger partial charge is 0.368 e. The van der Waals surface area contributed by atoms with Gasteiger partial charge in [-0.25, -0.2) is 15.0 Å². The molecule has 0 saturated heterocycles. The lowest BCUT2D eigenvalue weighted by Crippen LogP contribution is -2.28. The van der Waals surface area contributed by atoms with Crippen LogP contribution in [0.5, 0.6) is 0 Å². The summed E-state index contributed by atoms with van der Waals surface area (Å²) in [7, 11) is 0. The second-order valence-electron chi connectivity index (χ2n) is 6.44. The normalized spacial score (nSPS) is 10.4. The zero-order valence-electron chi connectivity index (χ0n) is 16.7. The average Bonchev–Trinajstić information content (AvgIpc) is 2.71. The maximum absolute atomic E-state index is 12.2. The maximum atomic E-state index is 12.2. The summed E-state index contributed by atoms with van der Waals surface area (Å²) >= 11 is 1.65. The van der Waals surface area contributed by atoms with Gasteiger partial charge in [-0.1, -0.05) is 0 Å². The molecule has 0 bridgehead atoms. The summed E-state index contributed by atoms with van der Waals surface area (Å²) in [5.74, 6) is 2.63. The lowest BCUT2D eigenvalue weighted by molar-refractivity contribution is 0.0955. The Labute approximate surface area is 174 Å². The highest BCUT2D eigenvalue weighted by Crippen LogP contribution is 2.17. The van der Waals surface area contributed by atoms with Crippen molar-refractivity contribution in [2.24, 2.45) is 0 Å². The number of benzene rings is 1. The van der Waals surface area contributed by atoms with Crippen LogP contribution in [0.15, 0.2) is 53.6 Å². The van der Waals surface area contributed by atoms with Gasteiger partial charge in [-0.15, -0.1) is 11.8 Å². The van der Waals surface area contributed by atoms with Gasteiger partial charge in [-0.2, -0.15) is 0 Å². The standard InChI is InChI=1S/C21H24N6OS/c1-14-8-9-22-18(12-14)27-20-13-19(25-15(2)26-20)23-10-11-24-21(28)16-4-6-17(29-3)7-5-16/h4-9,12-13H,10-11H2,1-3H3,(H,24,28)(H2,22,23,25,26,27). The predicted octanol–water partition coefficient (Wildman–Crippen LogP) is 3.80. The molecule has 3 N–H and O–H groups in total. The fourth-order valence-corrected chi connectivity index (χ4v) is 3.08. The zero-order valence-corrected chi connectivity index (χ0v) is 17.5. The van der Waals surface area contributed by atoms with E-state index in [0.29, 0.717) is 36.1 Å². The summed E-state index contributed by atoms with van der Waals surface area (Å²) in [4.78, 5) is 26.4. The first-order valence-corrected chi connectivity index (χ1v) is 10.5. The van der Waals surface area contributed by atoms with Crippen molar-refractivity contribution in [2.45, 2.75) is 18.7 Å². The van der Waals surface area contributed by atoms with Crippen molar-refractivity contribution in [1.29, 1.82) is 0 Å². The van der Waals surface area contributed by atoms with Gasteiger partial charge in [-0.05, 0) is 62.1 Å². The van der Waals surface area contributed by atoms with Crippen LogP contribution >= 0.6 is 11.8 Å². The fourth-order valence-electron chi connectivity index (χ4n) is 2.67. The fraction of sp³-hybridized carbons (Fsp3) is 0.238. The Hall–Kier alpha value is -3.13. The summed E-state index contributed by atoms with van der Waals surface area (Å²) in [6, 6.07) is 13.3. The number of pyridine rings is 1. The highest BCUT2D eigenvalue weighted by Gasteiger charge is 2.06. The molecule has 0 aliphatic heterocycles. The Balaban J connectivity index is 1.52. The molecule has 2 heterocycles. The number of anilines is 3. The quantitative estimate of drug-likeness (QED) is 0.386. The minimum atomic E-state index is -0.0915. The van der Waals surface area contributed by atoms with Gasteiger partial charge >= 0.3 is 0 Å². The number of aromatic nitrogens is 3. The monoisotopic (exact) mass is 408 g/mol. The van der Waals surface area contributed by atoms with Gasteiger partial charge < -0.3 is 16.0 Å². The van der Waals surface area contributed by atoms with Crippen molar-refractivity contribution in [2.75, 3.05) is 30.0 Å². The summed E-state index contributed by atoms with van der Waals surface area (Å²) in [5, 5.41) is 9.31. The minimum absolute atomic E-state index is 0.0915. The van der Waals surface area contributed by atoms with Crippen LogP contribution in [0.4, 0.5) is 17.5 Å². The molecule has 0 aliphatic rings. The van der Waals surface area contributed by atoms with Gasteiger partial charge in [-0.3, -0.25) is 4.79 Å². The number of thioether (sulfide) groups is 1. The van der Waals surface area contributed by atoms with Gasteiger partial charge in [0.15, 0.2) is 0 Å². The van der Waals surface area contributed by atoms with Crippen molar-refractivity contribution < 1.29 is 4.79 Å². The van der Waals surface area contributed by atoms with Crippen molar-refractivity contribution in [3.05, 3.63) is 65.6 Å². The molecule has 0 unspecified atom stereocenters. The Morgan fingerprint density at radius 1 is 0.966 bits per heavy atom. The summed E-state index contributed by atoms with van der Waals surface area (Å²) in [5.41, 5.74) is 1.77. The van der Waals surface area contributed by atoms with Crippen LogP contribution in [0.1, 0.15) is 21.7 Å². The summed E-state index contributed by atoms with van der Waals surface area (Å²) in [6.07, 6.45) is 3.76. The molecule has 3 aromatic rings. The smallest absolute Gasteiger partial charge is 0.251 e. The van der Waals surface area contributed by atoms with Crippen LogP contribution in [-0.4, -0.2) is 40.2 Å². The molecule has 7 nitrogen and oxygen atoms in total. The third-order valence-electron chi connectivity index (χ3n) is 4.08. The van der Waals surface area contributed by atoms with Crippen LogP contribution in [0.2, 0.25) is 0 Å². The van der Waals surface area contributed by atoms with E-state index in [1.807, 2.05) is 62.6 Å². The zero-order chi connectivity index (χ0) is 20.6. The first-order valence-electron chi connectivity index (χ1n) is 9.25. The van der Waals surface area contributed by atoms with Crippen LogP contribution in [0.3, 0.4) is 0 Å². The van der Waals surface area contributed by atoms with Crippen LogP contribution in [0, 0.1) is 13.8 Å². The molecule has 150 valence electrons. The molecule has 0 aliphatic carbocycles. The Morgan fingerprint density at radius 3 is 2.45 bits per heavy atom. The first kappa shape index (κ1) is 20.6. The second kappa shape index (κ2) is 9.88. The number of rotatable bonds is 8. The van der Waals surface area contributed by atoms with Gasteiger partial charge in [0, 0.05) is 35.8 Å². The molecular formula is C21H24N6OS. The van der Waals surface area contributed by atoms with E-state index in [-0.39, 0.29) is 5.91 Å². The number of hydrogen-bond donors (Lipinski definition) is 3. The molecule has 0 atom stereocenters. The molecule has 2 aromatic heterocycles. The van der Waals surface area contributed by atoms with Crippen LogP contribution in [0.25, 0.3) is 0 Å². The second-order valence-corrected chi connectivity index (χ2v) is 7.32. The van der Waals surface area contributed by atoms with E-state index in [0.717, 1.165) is 16.3 Å². The Bertz CT molecular complexity index is 977. The molecule has 3 rings (SSSR count). The molecule has 0 spiro atoms. The molecule has 0 saturated carbocycles. The number of nitrogens with one attached hydrogen (secondary N) is 3. The predicted molar refractivity (Wildman–Crippen MR) is 118 cm³/mol. The third kappa shape index (κ3) is 6.18. The Morgan fingerprint density at radius 2 is 1.72 bits per heavy atom. The van der Waals surface area contributed by atoms with Crippen molar-refractivity contribution in [3.8, 4) is 0 Å². The topological polar surface area (TPSA) is 91.8 Å². The average molecular weight is 409 g/mol. The highest BCUT2D eigenvalue weighted by atomic mass is 32.2. The van der Waals surface area contributed by atoms with Crippen LogP contribution < -0.4 is 16.0 Å². The first-order chi connectivity index (χ1) is 14.0. The van der Waals surface area contributed by atoms with E-state index in [1.54, 1.807) is 18.0 Å². The molecular weight excluding hydrogens is 384 g/mol. The summed E-state index contributed by atoms with van der Waals surface area (Å²) in [6.45, 7) is 4.87. The van der Waals surface area contributed by atoms with Crippen molar-refractivity contribution in [1.82, 2.24) is 20.3 Å².